The number of hydrogen-bond donors (Lipinski definition) is 2. The standard InChI is InChI=1S/C37H42N2O2/c1-36(2,3)31-23-29(24-32(34(31)40)37(4,5)6)21-22-30-19-13-14-20-33(30)38-35(41)39(25-27-15-9-7-10-16-27)26-28-17-11-8-12-18-28/h7-24,40H,25-26H2,1-6H3,(H,38,41). The highest BCUT2D eigenvalue weighted by atomic mass is 16.3. The van der Waals surface area contributed by atoms with Crippen LogP contribution in [-0.2, 0) is 23.9 Å². The van der Waals surface area contributed by atoms with E-state index in [1.165, 1.54) is 0 Å². The van der Waals surface area contributed by atoms with Gasteiger partial charge < -0.3 is 15.3 Å². The molecule has 4 nitrogen and oxygen atoms in total. The summed E-state index contributed by atoms with van der Waals surface area (Å²) in [4.78, 5) is 15.5. The van der Waals surface area contributed by atoms with Crippen LogP contribution in [0.5, 0.6) is 5.75 Å². The van der Waals surface area contributed by atoms with Crippen LogP contribution >= 0.6 is 0 Å². The molecule has 0 aromatic heterocycles. The van der Waals surface area contributed by atoms with Crippen molar-refractivity contribution in [1.82, 2.24) is 4.90 Å². The van der Waals surface area contributed by atoms with Gasteiger partial charge in [0.25, 0.3) is 0 Å². The van der Waals surface area contributed by atoms with E-state index in [9.17, 15) is 9.90 Å². The fourth-order valence-electron chi connectivity index (χ4n) is 4.84. The molecule has 0 heterocycles. The van der Waals surface area contributed by atoms with Gasteiger partial charge in [0.15, 0.2) is 0 Å². The van der Waals surface area contributed by atoms with Gasteiger partial charge in [-0.3, -0.25) is 0 Å². The van der Waals surface area contributed by atoms with Gasteiger partial charge in [-0.25, -0.2) is 4.79 Å². The minimum absolute atomic E-state index is 0.159. The first kappa shape index (κ1) is 29.7. The zero-order valence-electron chi connectivity index (χ0n) is 25.1. The highest BCUT2D eigenvalue weighted by Gasteiger charge is 2.26. The molecule has 0 bridgehead atoms. The highest BCUT2D eigenvalue weighted by molar-refractivity contribution is 5.92. The fraction of sp³-hybridized carbons (Fsp3) is 0.270. The van der Waals surface area contributed by atoms with Gasteiger partial charge in [-0.1, -0.05) is 133 Å². The van der Waals surface area contributed by atoms with E-state index in [4.69, 9.17) is 0 Å². The van der Waals surface area contributed by atoms with E-state index >= 15 is 0 Å². The Labute approximate surface area is 245 Å². The lowest BCUT2D eigenvalue weighted by Gasteiger charge is -2.28. The number of urea groups is 1. The molecule has 0 atom stereocenters. The van der Waals surface area contributed by atoms with Crippen molar-refractivity contribution in [2.45, 2.75) is 65.5 Å². The Morgan fingerprint density at radius 1 is 0.707 bits per heavy atom. The van der Waals surface area contributed by atoms with E-state index in [-0.39, 0.29) is 16.9 Å². The number of phenols is 1. The monoisotopic (exact) mass is 546 g/mol. The molecule has 212 valence electrons. The molecule has 0 fully saturated rings. The molecule has 2 N–H and O–H groups in total. The van der Waals surface area contributed by atoms with Gasteiger partial charge in [0.05, 0.1) is 0 Å². The Kier molecular flexibility index (Phi) is 9.02. The summed E-state index contributed by atoms with van der Waals surface area (Å²) in [5.41, 5.74) is 6.22. The van der Waals surface area contributed by atoms with Crippen molar-refractivity contribution in [2.24, 2.45) is 0 Å². The predicted molar refractivity (Wildman–Crippen MR) is 172 cm³/mol. The summed E-state index contributed by atoms with van der Waals surface area (Å²) in [6.07, 6.45) is 4.08. The Balaban J connectivity index is 1.63. The molecule has 4 aromatic rings. The van der Waals surface area contributed by atoms with Crippen LogP contribution in [0.4, 0.5) is 10.5 Å². The van der Waals surface area contributed by atoms with Crippen LogP contribution in [0.3, 0.4) is 0 Å². The molecule has 0 aliphatic heterocycles. The van der Waals surface area contributed by atoms with E-state index in [1.54, 1.807) is 0 Å². The molecule has 0 spiro atoms. The summed E-state index contributed by atoms with van der Waals surface area (Å²) in [7, 11) is 0. The second kappa shape index (κ2) is 12.5. The average Bonchev–Trinajstić information content (AvgIpc) is 2.92. The zero-order valence-corrected chi connectivity index (χ0v) is 25.1. The van der Waals surface area contributed by atoms with Crippen LogP contribution in [0.2, 0.25) is 0 Å². The maximum absolute atomic E-state index is 13.7. The van der Waals surface area contributed by atoms with Gasteiger partial charge in [-0.15, -0.1) is 0 Å². The number of carbonyl (C=O) groups excluding carboxylic acids is 1. The van der Waals surface area contributed by atoms with Gasteiger partial charge in [0.2, 0.25) is 0 Å². The Bertz CT molecular complexity index is 1420. The number of nitrogens with zero attached hydrogens (tertiary/aromatic N) is 1. The molecule has 2 amide bonds. The van der Waals surface area contributed by atoms with E-state index in [1.807, 2.05) is 95.9 Å². The molecule has 4 aromatic carbocycles. The SMILES string of the molecule is CC(C)(C)c1cc(C=Cc2ccccc2NC(=O)N(Cc2ccccc2)Cc2ccccc2)cc(C(C)(C)C)c1O. The van der Waals surface area contributed by atoms with Crippen molar-refractivity contribution < 1.29 is 9.90 Å². The topological polar surface area (TPSA) is 52.6 Å². The number of hydrogen-bond acceptors (Lipinski definition) is 2. The van der Waals surface area contributed by atoms with Crippen molar-refractivity contribution in [1.29, 1.82) is 0 Å². The molecule has 0 aliphatic carbocycles. The smallest absolute Gasteiger partial charge is 0.322 e. The van der Waals surface area contributed by atoms with Gasteiger partial charge in [0, 0.05) is 29.9 Å². The first-order valence-electron chi connectivity index (χ1n) is 14.2. The molecule has 0 unspecified atom stereocenters. The number of carbonyl (C=O) groups is 1. The van der Waals surface area contributed by atoms with Crippen LogP contribution in [-0.4, -0.2) is 16.0 Å². The summed E-state index contributed by atoms with van der Waals surface area (Å²) in [6.45, 7) is 13.7. The largest absolute Gasteiger partial charge is 0.507 e. The predicted octanol–water partition coefficient (Wildman–Crippen LogP) is 9.39. The van der Waals surface area contributed by atoms with Crippen molar-refractivity contribution in [3.8, 4) is 5.75 Å². The lowest BCUT2D eigenvalue weighted by atomic mass is 9.78. The number of phenolic OH excluding ortho intramolecular Hbond substituents is 1. The summed E-state index contributed by atoms with van der Waals surface area (Å²) >= 11 is 0. The number of anilines is 1. The van der Waals surface area contributed by atoms with Crippen LogP contribution in [0, 0.1) is 0 Å². The maximum atomic E-state index is 13.7. The molecule has 4 rings (SSSR count). The van der Waals surface area contributed by atoms with Gasteiger partial charge >= 0.3 is 6.03 Å². The minimum Gasteiger partial charge on any atom is -0.507 e. The van der Waals surface area contributed by atoms with Crippen molar-refractivity contribution in [3.63, 3.8) is 0 Å². The third-order valence-corrected chi connectivity index (χ3v) is 7.13. The molecule has 41 heavy (non-hydrogen) atoms. The number of benzene rings is 4. The highest BCUT2D eigenvalue weighted by Crippen LogP contribution is 2.40. The summed E-state index contributed by atoms with van der Waals surface area (Å²) in [5, 5.41) is 14.3. The average molecular weight is 547 g/mol. The van der Waals surface area contributed by atoms with Crippen LogP contribution in [0.15, 0.2) is 97.1 Å². The Hall–Kier alpha value is -4.31. The number of aromatic hydroxyl groups is 1. The van der Waals surface area contributed by atoms with Crippen LogP contribution in [0.1, 0.15) is 74.9 Å². The third kappa shape index (κ3) is 7.88. The molecule has 0 radical (unpaired) electrons. The Morgan fingerprint density at radius 3 is 1.66 bits per heavy atom. The van der Waals surface area contributed by atoms with Gasteiger partial charge in [0.1, 0.15) is 5.75 Å². The van der Waals surface area contributed by atoms with Crippen molar-refractivity contribution in [3.05, 3.63) is 130 Å². The molecule has 0 saturated carbocycles. The minimum atomic E-state index is -0.208. The molecule has 0 aliphatic rings. The summed E-state index contributed by atoms with van der Waals surface area (Å²) < 4.78 is 0. The Morgan fingerprint density at radius 2 is 1.17 bits per heavy atom. The lowest BCUT2D eigenvalue weighted by Crippen LogP contribution is -2.34. The number of amides is 2. The van der Waals surface area contributed by atoms with Gasteiger partial charge in [-0.2, -0.15) is 0 Å². The number of rotatable bonds is 7. The van der Waals surface area contributed by atoms with Gasteiger partial charge in [-0.05, 0) is 51.3 Å². The van der Waals surface area contributed by atoms with Crippen molar-refractivity contribution in [2.75, 3.05) is 5.32 Å². The fourth-order valence-corrected chi connectivity index (χ4v) is 4.84. The summed E-state index contributed by atoms with van der Waals surface area (Å²) in [6, 6.07) is 31.9. The molecular formula is C37H42N2O2. The first-order valence-corrected chi connectivity index (χ1v) is 14.2. The van der Waals surface area contributed by atoms with E-state index in [0.717, 1.165) is 39.1 Å². The quantitative estimate of drug-likeness (QED) is 0.227. The molecule has 0 saturated heterocycles. The number of nitrogens with one attached hydrogen (secondary N) is 1. The lowest BCUT2D eigenvalue weighted by molar-refractivity contribution is 0.206. The van der Waals surface area contributed by atoms with Crippen LogP contribution in [0.25, 0.3) is 12.2 Å². The van der Waals surface area contributed by atoms with E-state index in [2.05, 4.69) is 65.1 Å². The third-order valence-electron chi connectivity index (χ3n) is 7.13. The first-order chi connectivity index (χ1) is 19.4. The van der Waals surface area contributed by atoms with E-state index < -0.39 is 0 Å². The van der Waals surface area contributed by atoms with Crippen molar-refractivity contribution >= 4 is 23.9 Å². The number of para-hydroxylation sites is 1. The van der Waals surface area contributed by atoms with Crippen LogP contribution < -0.4 is 5.32 Å². The second-order valence-corrected chi connectivity index (χ2v) is 12.6. The normalized spacial score (nSPS) is 12.0. The molecular weight excluding hydrogens is 504 g/mol. The second-order valence-electron chi connectivity index (χ2n) is 12.6. The zero-order chi connectivity index (χ0) is 29.6. The summed E-state index contributed by atoms with van der Waals surface area (Å²) in [5.74, 6) is 0.367. The molecule has 4 heteroatoms. The van der Waals surface area contributed by atoms with E-state index in [0.29, 0.717) is 18.8 Å². The maximum Gasteiger partial charge on any atom is 0.322 e.